The number of non-ortho nitro benzene ring substituents is 1. The van der Waals surface area contributed by atoms with Gasteiger partial charge in [0.25, 0.3) is 5.69 Å². The third-order valence-electron chi connectivity index (χ3n) is 2.59. The first kappa shape index (κ1) is 15.1. The summed E-state index contributed by atoms with van der Waals surface area (Å²) < 4.78 is 5.49. The van der Waals surface area contributed by atoms with Gasteiger partial charge in [-0.05, 0) is 24.3 Å². The SMILES string of the molecule is N=C(N)c1ccc(Oc2cc([N+](=O)[O-])ccc2Cl)c(Cl)c1. The van der Waals surface area contributed by atoms with E-state index in [-0.39, 0.29) is 33.1 Å². The molecule has 0 fully saturated rings. The molecule has 0 bridgehead atoms. The Morgan fingerprint density at radius 1 is 1.14 bits per heavy atom. The maximum atomic E-state index is 10.7. The second-order valence-electron chi connectivity index (χ2n) is 4.03. The van der Waals surface area contributed by atoms with Crippen molar-refractivity contribution in [1.29, 1.82) is 5.41 Å². The summed E-state index contributed by atoms with van der Waals surface area (Å²) in [5.74, 6) is 0.240. The molecule has 0 heterocycles. The zero-order valence-electron chi connectivity index (χ0n) is 10.5. The first-order valence-electron chi connectivity index (χ1n) is 5.64. The number of hydrogen-bond acceptors (Lipinski definition) is 4. The number of amidine groups is 1. The van der Waals surface area contributed by atoms with E-state index in [0.29, 0.717) is 5.56 Å². The standard InChI is InChI=1S/C13H9Cl2N3O3/c14-9-3-2-8(18(19)20)6-12(9)21-11-4-1-7(13(16)17)5-10(11)15/h1-6H,(H3,16,17). The van der Waals surface area contributed by atoms with Gasteiger partial charge in [-0.1, -0.05) is 23.2 Å². The van der Waals surface area contributed by atoms with E-state index in [1.54, 1.807) is 6.07 Å². The lowest BCUT2D eigenvalue weighted by atomic mass is 10.2. The van der Waals surface area contributed by atoms with Crippen molar-refractivity contribution in [3.63, 3.8) is 0 Å². The molecule has 0 aliphatic heterocycles. The van der Waals surface area contributed by atoms with Crippen LogP contribution in [0.5, 0.6) is 11.5 Å². The zero-order chi connectivity index (χ0) is 15.6. The van der Waals surface area contributed by atoms with Gasteiger partial charge >= 0.3 is 0 Å². The summed E-state index contributed by atoms with van der Waals surface area (Å²) in [5.41, 5.74) is 5.65. The minimum absolute atomic E-state index is 0.114. The van der Waals surface area contributed by atoms with Crippen molar-refractivity contribution in [3.05, 3.63) is 62.1 Å². The zero-order valence-corrected chi connectivity index (χ0v) is 12.0. The lowest BCUT2D eigenvalue weighted by molar-refractivity contribution is -0.384. The van der Waals surface area contributed by atoms with Gasteiger partial charge in [0.2, 0.25) is 0 Å². The quantitative estimate of drug-likeness (QED) is 0.384. The van der Waals surface area contributed by atoms with Crippen LogP contribution in [0.2, 0.25) is 10.0 Å². The number of nitrogens with two attached hydrogens (primary N) is 1. The monoisotopic (exact) mass is 325 g/mol. The van der Waals surface area contributed by atoms with Crippen molar-refractivity contribution in [2.75, 3.05) is 0 Å². The number of nitrogens with zero attached hydrogens (tertiary/aromatic N) is 1. The van der Waals surface area contributed by atoms with Crippen LogP contribution in [0.1, 0.15) is 5.56 Å². The van der Waals surface area contributed by atoms with E-state index in [1.165, 1.54) is 30.3 Å². The molecule has 0 spiro atoms. The van der Waals surface area contributed by atoms with E-state index >= 15 is 0 Å². The highest BCUT2D eigenvalue weighted by atomic mass is 35.5. The van der Waals surface area contributed by atoms with Gasteiger partial charge in [-0.2, -0.15) is 0 Å². The molecule has 0 unspecified atom stereocenters. The predicted molar refractivity (Wildman–Crippen MR) is 80.6 cm³/mol. The summed E-state index contributed by atoms with van der Waals surface area (Å²) in [6.07, 6.45) is 0. The first-order chi connectivity index (χ1) is 9.88. The molecule has 0 amide bonds. The second-order valence-corrected chi connectivity index (χ2v) is 4.85. The number of nitro groups is 1. The molecule has 0 aromatic heterocycles. The second kappa shape index (κ2) is 5.99. The number of rotatable bonds is 4. The lowest BCUT2D eigenvalue weighted by Gasteiger charge is -2.10. The Morgan fingerprint density at radius 2 is 1.86 bits per heavy atom. The number of nitro benzene ring substituents is 1. The number of ether oxygens (including phenoxy) is 1. The number of nitrogens with one attached hydrogen (secondary N) is 1. The number of benzene rings is 2. The van der Waals surface area contributed by atoms with E-state index in [4.69, 9.17) is 39.1 Å². The summed E-state index contributed by atoms with van der Waals surface area (Å²) in [6, 6.07) is 8.37. The third kappa shape index (κ3) is 3.42. The van der Waals surface area contributed by atoms with Crippen molar-refractivity contribution in [2.24, 2.45) is 5.73 Å². The minimum Gasteiger partial charge on any atom is -0.454 e. The van der Waals surface area contributed by atoms with Crippen molar-refractivity contribution in [3.8, 4) is 11.5 Å². The fraction of sp³-hybridized carbons (Fsp3) is 0. The normalized spacial score (nSPS) is 10.2. The van der Waals surface area contributed by atoms with Crippen LogP contribution >= 0.6 is 23.2 Å². The van der Waals surface area contributed by atoms with E-state index in [1.807, 2.05) is 0 Å². The summed E-state index contributed by atoms with van der Waals surface area (Å²) in [6.45, 7) is 0. The highest BCUT2D eigenvalue weighted by molar-refractivity contribution is 6.33. The number of nitrogen functional groups attached to an aromatic ring is 1. The Labute approximate surface area is 129 Å². The predicted octanol–water partition coefficient (Wildman–Crippen LogP) is 3.98. The van der Waals surface area contributed by atoms with Gasteiger partial charge in [0, 0.05) is 11.6 Å². The smallest absolute Gasteiger partial charge is 0.273 e. The fourth-order valence-corrected chi connectivity index (χ4v) is 1.93. The van der Waals surface area contributed by atoms with Crippen molar-refractivity contribution in [1.82, 2.24) is 0 Å². The van der Waals surface area contributed by atoms with Crippen LogP contribution < -0.4 is 10.5 Å². The molecular formula is C13H9Cl2N3O3. The molecule has 108 valence electrons. The van der Waals surface area contributed by atoms with Crippen LogP contribution in [0.15, 0.2) is 36.4 Å². The van der Waals surface area contributed by atoms with Crippen LogP contribution in [0.3, 0.4) is 0 Å². The van der Waals surface area contributed by atoms with Gasteiger partial charge in [0.05, 0.1) is 21.0 Å². The molecule has 8 heteroatoms. The Balaban J connectivity index is 2.36. The Morgan fingerprint density at radius 3 is 2.43 bits per heavy atom. The molecule has 0 aliphatic rings. The van der Waals surface area contributed by atoms with Gasteiger partial charge in [-0.25, -0.2) is 0 Å². The minimum atomic E-state index is -0.552. The molecule has 21 heavy (non-hydrogen) atoms. The van der Waals surface area contributed by atoms with Gasteiger partial charge < -0.3 is 10.5 Å². The fourth-order valence-electron chi connectivity index (χ4n) is 1.55. The topological polar surface area (TPSA) is 102 Å². The average Bonchev–Trinajstić information content (AvgIpc) is 2.42. The van der Waals surface area contributed by atoms with E-state index in [2.05, 4.69) is 0 Å². The van der Waals surface area contributed by atoms with Crippen LogP contribution in [0.25, 0.3) is 0 Å². The molecule has 0 aliphatic carbocycles. The van der Waals surface area contributed by atoms with Crippen molar-refractivity contribution in [2.45, 2.75) is 0 Å². The molecule has 2 aromatic carbocycles. The molecular weight excluding hydrogens is 317 g/mol. The van der Waals surface area contributed by atoms with Crippen LogP contribution in [0, 0.1) is 15.5 Å². The molecule has 2 aromatic rings. The molecule has 0 atom stereocenters. The maximum absolute atomic E-state index is 10.7. The van der Waals surface area contributed by atoms with Gasteiger partial charge in [0.15, 0.2) is 5.75 Å². The Bertz CT molecular complexity index is 735. The van der Waals surface area contributed by atoms with Crippen LogP contribution in [0.4, 0.5) is 5.69 Å². The van der Waals surface area contributed by atoms with E-state index in [0.717, 1.165) is 0 Å². The molecule has 0 saturated heterocycles. The summed E-state index contributed by atoms with van der Waals surface area (Å²) in [7, 11) is 0. The average molecular weight is 326 g/mol. The maximum Gasteiger partial charge on any atom is 0.273 e. The molecule has 0 saturated carbocycles. The van der Waals surface area contributed by atoms with Crippen molar-refractivity contribution >= 4 is 34.7 Å². The molecule has 2 rings (SSSR count). The summed E-state index contributed by atoms with van der Waals surface area (Å²) >= 11 is 12.0. The van der Waals surface area contributed by atoms with Crippen molar-refractivity contribution < 1.29 is 9.66 Å². The molecule has 3 N–H and O–H groups in total. The van der Waals surface area contributed by atoms with Gasteiger partial charge in [-0.15, -0.1) is 0 Å². The van der Waals surface area contributed by atoms with Gasteiger partial charge in [-0.3, -0.25) is 15.5 Å². The largest absolute Gasteiger partial charge is 0.454 e. The Kier molecular flexibility index (Phi) is 4.30. The van der Waals surface area contributed by atoms with Crippen LogP contribution in [-0.4, -0.2) is 10.8 Å². The Hall–Kier alpha value is -2.31. The van der Waals surface area contributed by atoms with E-state index in [9.17, 15) is 10.1 Å². The molecule has 0 radical (unpaired) electrons. The lowest BCUT2D eigenvalue weighted by Crippen LogP contribution is -2.10. The molecule has 6 nitrogen and oxygen atoms in total. The van der Waals surface area contributed by atoms with E-state index < -0.39 is 4.92 Å². The highest BCUT2D eigenvalue weighted by Gasteiger charge is 2.13. The summed E-state index contributed by atoms with van der Waals surface area (Å²) in [5, 5.41) is 18.5. The van der Waals surface area contributed by atoms with Crippen LogP contribution in [-0.2, 0) is 0 Å². The first-order valence-corrected chi connectivity index (χ1v) is 6.40. The highest BCUT2D eigenvalue weighted by Crippen LogP contribution is 2.36. The van der Waals surface area contributed by atoms with Gasteiger partial charge in [0.1, 0.15) is 11.6 Å². The number of halogens is 2. The number of hydrogen-bond donors (Lipinski definition) is 2. The summed E-state index contributed by atoms with van der Waals surface area (Å²) in [4.78, 5) is 10.2. The third-order valence-corrected chi connectivity index (χ3v) is 3.20.